The monoisotopic (exact) mass is 418 g/mol. The first kappa shape index (κ1) is 17.1. The second kappa shape index (κ2) is 5.56. The molecule has 0 radical (unpaired) electrons. The normalized spacial score (nSPS) is 12.2. The molecule has 0 spiro atoms. The average molecular weight is 418 g/mol. The minimum atomic E-state index is -0.694. The lowest BCUT2D eigenvalue weighted by Crippen LogP contribution is -1.96. The molecule has 0 unspecified atom stereocenters. The third-order valence-electron chi connectivity index (χ3n) is 6.36. The molecule has 6 heteroatoms. The summed E-state index contributed by atoms with van der Waals surface area (Å²) >= 11 is 0. The summed E-state index contributed by atoms with van der Waals surface area (Å²) in [6.07, 6.45) is 0. The van der Waals surface area contributed by atoms with Gasteiger partial charge < -0.3 is 8.83 Å². The molecule has 0 atom stereocenters. The molecule has 0 saturated heterocycles. The van der Waals surface area contributed by atoms with Crippen molar-refractivity contribution in [3.63, 3.8) is 0 Å². The van der Waals surface area contributed by atoms with Crippen LogP contribution in [0.15, 0.2) is 88.7 Å². The molecule has 7 aromatic rings. The zero-order valence-corrected chi connectivity index (χ0v) is 16.2. The van der Waals surface area contributed by atoms with Crippen LogP contribution in [0.25, 0.3) is 64.6 Å². The maximum atomic E-state index is 12.7. The topological polar surface area (TPSA) is 94.6 Å². The molecule has 0 bridgehead atoms. The van der Waals surface area contributed by atoms with Crippen LogP contribution in [0.2, 0.25) is 0 Å². The lowest BCUT2D eigenvalue weighted by molar-refractivity contribution is 0.500. The highest BCUT2D eigenvalue weighted by molar-refractivity contribution is 6.38. The van der Waals surface area contributed by atoms with E-state index in [1.54, 1.807) is 36.4 Å². The molecule has 0 aliphatic heterocycles. The van der Waals surface area contributed by atoms with Gasteiger partial charge in [0.05, 0.1) is 21.5 Å². The number of rotatable bonds is 0. The average Bonchev–Trinajstić information content (AvgIpc) is 3.28. The molecule has 2 heterocycles. The second-order valence-electron chi connectivity index (χ2n) is 7.86. The molecular formula is C26H10O6. The van der Waals surface area contributed by atoms with Gasteiger partial charge in [0.1, 0.15) is 0 Å². The predicted molar refractivity (Wildman–Crippen MR) is 123 cm³/mol. The maximum absolute atomic E-state index is 12.7. The van der Waals surface area contributed by atoms with Gasteiger partial charge in [-0.2, -0.15) is 0 Å². The maximum Gasteiger partial charge on any atom is 0.347 e. The van der Waals surface area contributed by atoms with Crippen LogP contribution in [0.5, 0.6) is 0 Å². The molecule has 32 heavy (non-hydrogen) atoms. The van der Waals surface area contributed by atoms with Gasteiger partial charge in [-0.3, -0.25) is 0 Å². The van der Waals surface area contributed by atoms with Crippen molar-refractivity contribution >= 4 is 64.6 Å². The first-order chi connectivity index (χ1) is 15.6. The highest BCUT2D eigenvalue weighted by atomic mass is 16.4. The van der Waals surface area contributed by atoms with E-state index in [0.717, 1.165) is 21.5 Å². The van der Waals surface area contributed by atoms with Crippen molar-refractivity contribution in [2.75, 3.05) is 0 Å². The number of hydrogen-bond donors (Lipinski definition) is 0. The highest BCUT2D eigenvalue weighted by Crippen LogP contribution is 2.41. The molecule has 150 valence electrons. The summed E-state index contributed by atoms with van der Waals surface area (Å²) in [6, 6.07) is 18.0. The molecule has 0 N–H and O–H groups in total. The standard InChI is InChI=1S/C26H10O6/c27-23-19-13-7-3-1-5-11(13)17-15(21(19)25(29)31-23)9-10-16-18(17)12-6-2-4-8-14(12)20-22(16)26(30)32-24(20)28/h1-10H. The van der Waals surface area contributed by atoms with Gasteiger partial charge in [0.25, 0.3) is 0 Å². The van der Waals surface area contributed by atoms with E-state index in [0.29, 0.717) is 21.5 Å². The van der Waals surface area contributed by atoms with E-state index in [2.05, 4.69) is 0 Å². The lowest BCUT2D eigenvalue weighted by atomic mass is 9.88. The van der Waals surface area contributed by atoms with Crippen LogP contribution < -0.4 is 22.5 Å². The van der Waals surface area contributed by atoms with Crippen molar-refractivity contribution in [3.8, 4) is 0 Å². The van der Waals surface area contributed by atoms with Gasteiger partial charge >= 0.3 is 22.5 Å². The van der Waals surface area contributed by atoms with Crippen molar-refractivity contribution < 1.29 is 8.83 Å². The molecule has 0 saturated carbocycles. The van der Waals surface area contributed by atoms with Crippen molar-refractivity contribution in [1.82, 2.24) is 0 Å². The predicted octanol–water partition coefficient (Wildman–Crippen LogP) is 4.11. The van der Waals surface area contributed by atoms with Crippen LogP contribution in [-0.2, 0) is 0 Å². The Bertz CT molecular complexity index is 2010. The number of fused-ring (bicyclic) bond motifs is 13. The Morgan fingerprint density at radius 2 is 0.625 bits per heavy atom. The third-order valence-corrected chi connectivity index (χ3v) is 6.36. The molecule has 7 rings (SSSR count). The van der Waals surface area contributed by atoms with Gasteiger partial charge in [0, 0.05) is 0 Å². The Labute approximate surface area is 176 Å². The smallest absolute Gasteiger partial charge is 0.347 e. The SMILES string of the molecule is O=c1oc(=O)c2c3ccc4c5c(=O)oc(=O)c5c5ccccc5c4c3c3ccccc3c12. The van der Waals surface area contributed by atoms with Gasteiger partial charge in [-0.1, -0.05) is 60.7 Å². The van der Waals surface area contributed by atoms with E-state index in [-0.39, 0.29) is 21.5 Å². The fourth-order valence-corrected chi connectivity index (χ4v) is 5.18. The quantitative estimate of drug-likeness (QED) is 0.344. The minimum Gasteiger partial charge on any atom is -0.386 e. The summed E-state index contributed by atoms with van der Waals surface area (Å²) in [5.41, 5.74) is -2.73. The Morgan fingerprint density at radius 3 is 0.969 bits per heavy atom. The van der Waals surface area contributed by atoms with Crippen LogP contribution in [0, 0.1) is 0 Å². The molecule has 0 aliphatic carbocycles. The van der Waals surface area contributed by atoms with Gasteiger partial charge in [0.15, 0.2) is 0 Å². The van der Waals surface area contributed by atoms with Crippen LogP contribution >= 0.6 is 0 Å². The van der Waals surface area contributed by atoms with Gasteiger partial charge in [-0.05, 0) is 43.1 Å². The zero-order valence-electron chi connectivity index (χ0n) is 16.2. The number of hydrogen-bond acceptors (Lipinski definition) is 6. The van der Waals surface area contributed by atoms with Crippen molar-refractivity contribution in [1.29, 1.82) is 0 Å². The minimum absolute atomic E-state index is 0.217. The van der Waals surface area contributed by atoms with Crippen molar-refractivity contribution in [3.05, 3.63) is 102 Å². The van der Waals surface area contributed by atoms with Crippen molar-refractivity contribution in [2.45, 2.75) is 0 Å². The first-order valence-electron chi connectivity index (χ1n) is 9.95. The van der Waals surface area contributed by atoms with E-state index in [4.69, 9.17) is 8.83 Å². The molecule has 6 nitrogen and oxygen atoms in total. The molecular weight excluding hydrogens is 408 g/mol. The van der Waals surface area contributed by atoms with Crippen LogP contribution in [0.4, 0.5) is 0 Å². The van der Waals surface area contributed by atoms with Crippen molar-refractivity contribution in [2.24, 2.45) is 0 Å². The summed E-state index contributed by atoms with van der Waals surface area (Å²) in [6.45, 7) is 0. The molecule has 2 aromatic heterocycles. The molecule has 0 aliphatic rings. The van der Waals surface area contributed by atoms with E-state index in [9.17, 15) is 19.2 Å². The largest absolute Gasteiger partial charge is 0.386 e. The van der Waals surface area contributed by atoms with Crippen LogP contribution in [-0.4, -0.2) is 0 Å². The fourth-order valence-electron chi connectivity index (χ4n) is 5.18. The Kier molecular flexibility index (Phi) is 2.98. The van der Waals surface area contributed by atoms with Crippen LogP contribution in [0.1, 0.15) is 0 Å². The van der Waals surface area contributed by atoms with E-state index >= 15 is 0 Å². The van der Waals surface area contributed by atoms with E-state index in [1.807, 2.05) is 24.3 Å². The molecule has 5 aromatic carbocycles. The summed E-state index contributed by atoms with van der Waals surface area (Å²) in [7, 11) is 0. The summed E-state index contributed by atoms with van der Waals surface area (Å²) in [5, 5.41) is 6.18. The van der Waals surface area contributed by atoms with Gasteiger partial charge in [0.2, 0.25) is 0 Å². The summed E-state index contributed by atoms with van der Waals surface area (Å²) in [4.78, 5) is 50.3. The number of furan rings is 2. The van der Waals surface area contributed by atoms with Gasteiger partial charge in [-0.15, -0.1) is 0 Å². The lowest BCUT2D eigenvalue weighted by Gasteiger charge is -2.12. The van der Waals surface area contributed by atoms with Gasteiger partial charge in [-0.25, -0.2) is 19.2 Å². The third kappa shape index (κ3) is 1.85. The second-order valence-corrected chi connectivity index (χ2v) is 7.86. The zero-order chi connectivity index (χ0) is 21.7. The molecule has 0 fully saturated rings. The Balaban J connectivity index is 2.00. The highest BCUT2D eigenvalue weighted by Gasteiger charge is 2.23. The Hall–Kier alpha value is -4.58. The van der Waals surface area contributed by atoms with E-state index in [1.165, 1.54) is 0 Å². The van der Waals surface area contributed by atoms with Crippen LogP contribution in [0.3, 0.4) is 0 Å². The van der Waals surface area contributed by atoms with E-state index < -0.39 is 22.5 Å². The number of benzene rings is 5. The fraction of sp³-hybridized carbons (Fsp3) is 0. The summed E-state index contributed by atoms with van der Waals surface area (Å²) < 4.78 is 9.91. The molecule has 0 amide bonds. The first-order valence-corrected chi connectivity index (χ1v) is 9.95. The Morgan fingerprint density at radius 1 is 0.344 bits per heavy atom. The summed E-state index contributed by atoms with van der Waals surface area (Å²) in [5.74, 6) is 0.